The second kappa shape index (κ2) is 11.3. The summed E-state index contributed by atoms with van der Waals surface area (Å²) in [6.07, 6.45) is 3.20. The standard InChI is InChI=1S/C24H23N5O5S/c1-3-34-21(31)13-28-15(2)22(16-7-9-27-10-8-16)23(17-5-4-6-18(11-17)29(32)33)19(12-25)24(28)35-14-20(26)30/h4-11,23H,3,13-14H2,1-2H3,(H2,26,30). The van der Waals surface area contributed by atoms with Crippen molar-refractivity contribution in [1.29, 1.82) is 5.26 Å². The number of nitro benzene ring substituents is 1. The third kappa shape index (κ3) is 5.67. The van der Waals surface area contributed by atoms with E-state index in [1.807, 2.05) is 0 Å². The number of aromatic nitrogens is 1. The van der Waals surface area contributed by atoms with Gasteiger partial charge in [0.2, 0.25) is 5.91 Å². The minimum Gasteiger partial charge on any atom is -0.465 e. The average molecular weight is 494 g/mol. The van der Waals surface area contributed by atoms with E-state index >= 15 is 0 Å². The molecule has 0 fully saturated rings. The van der Waals surface area contributed by atoms with Gasteiger partial charge in [-0.25, -0.2) is 0 Å². The molecule has 1 atom stereocenters. The van der Waals surface area contributed by atoms with Gasteiger partial charge >= 0.3 is 5.97 Å². The van der Waals surface area contributed by atoms with Crippen molar-refractivity contribution in [3.63, 3.8) is 0 Å². The first-order valence-corrected chi connectivity index (χ1v) is 11.6. The number of nitrogens with two attached hydrogens (primary N) is 1. The Hall–Kier alpha value is -4.17. The second-order valence-corrected chi connectivity index (χ2v) is 8.46. The number of carbonyl (C=O) groups is 2. The highest BCUT2D eigenvalue weighted by atomic mass is 32.2. The minimum atomic E-state index is -0.698. The fourth-order valence-corrected chi connectivity index (χ4v) is 4.87. The highest BCUT2D eigenvalue weighted by Gasteiger charge is 2.37. The first-order valence-electron chi connectivity index (χ1n) is 10.6. The number of pyridine rings is 1. The van der Waals surface area contributed by atoms with Gasteiger partial charge in [0.15, 0.2) is 0 Å². The fourth-order valence-electron chi connectivity index (χ4n) is 3.91. The summed E-state index contributed by atoms with van der Waals surface area (Å²) in [7, 11) is 0. The topological polar surface area (TPSA) is 152 Å². The summed E-state index contributed by atoms with van der Waals surface area (Å²) in [4.78, 5) is 40.7. The summed E-state index contributed by atoms with van der Waals surface area (Å²) in [6, 6.07) is 11.8. The SMILES string of the molecule is CCOC(=O)CN1C(C)=C(c2ccncc2)C(c2cccc([N+](=O)[O-])c2)C(C#N)=C1SCC(N)=O. The van der Waals surface area contributed by atoms with Crippen LogP contribution in [0.15, 0.2) is 65.1 Å². The lowest BCUT2D eigenvalue weighted by Gasteiger charge is -2.38. The Balaban J connectivity index is 2.30. The molecule has 3 rings (SSSR count). The number of hydrogen-bond acceptors (Lipinski definition) is 9. The number of nitrogens with zero attached hydrogens (tertiary/aromatic N) is 4. The third-order valence-electron chi connectivity index (χ3n) is 5.32. The summed E-state index contributed by atoms with van der Waals surface area (Å²) in [6.45, 7) is 3.47. The van der Waals surface area contributed by atoms with Crippen LogP contribution in [0.4, 0.5) is 5.69 Å². The molecule has 1 aromatic carbocycles. The van der Waals surface area contributed by atoms with Crippen LogP contribution in [-0.2, 0) is 14.3 Å². The highest BCUT2D eigenvalue weighted by Crippen LogP contribution is 2.49. The molecule has 2 N–H and O–H groups in total. The maximum absolute atomic E-state index is 12.5. The molecule has 2 aromatic rings. The van der Waals surface area contributed by atoms with Crippen molar-refractivity contribution in [2.45, 2.75) is 19.8 Å². The number of nitro groups is 1. The van der Waals surface area contributed by atoms with Crippen molar-refractivity contribution < 1.29 is 19.2 Å². The van der Waals surface area contributed by atoms with E-state index in [4.69, 9.17) is 10.5 Å². The average Bonchev–Trinajstić information content (AvgIpc) is 2.84. The van der Waals surface area contributed by atoms with Crippen molar-refractivity contribution in [2.24, 2.45) is 5.73 Å². The van der Waals surface area contributed by atoms with Crippen LogP contribution in [0.2, 0.25) is 0 Å². The number of rotatable bonds is 9. The number of amides is 1. The van der Waals surface area contributed by atoms with E-state index < -0.39 is 22.7 Å². The summed E-state index contributed by atoms with van der Waals surface area (Å²) in [5, 5.41) is 22.1. The molecular weight excluding hydrogens is 470 g/mol. The number of esters is 1. The molecule has 0 saturated heterocycles. The highest BCUT2D eigenvalue weighted by molar-refractivity contribution is 8.03. The zero-order valence-electron chi connectivity index (χ0n) is 19.1. The summed E-state index contributed by atoms with van der Waals surface area (Å²) >= 11 is 1.04. The van der Waals surface area contributed by atoms with Gasteiger partial charge in [0.05, 0.1) is 34.0 Å². The number of primary amides is 1. The smallest absolute Gasteiger partial charge is 0.325 e. The number of carbonyl (C=O) groups excluding carboxylic acids is 2. The van der Waals surface area contributed by atoms with Crippen LogP contribution in [0.25, 0.3) is 5.57 Å². The molecule has 11 heteroatoms. The zero-order chi connectivity index (χ0) is 25.5. The van der Waals surface area contributed by atoms with Crippen molar-refractivity contribution in [3.05, 3.63) is 86.3 Å². The predicted octanol–water partition coefficient (Wildman–Crippen LogP) is 3.34. The van der Waals surface area contributed by atoms with Crippen LogP contribution < -0.4 is 5.73 Å². The van der Waals surface area contributed by atoms with E-state index in [0.29, 0.717) is 21.9 Å². The maximum Gasteiger partial charge on any atom is 0.325 e. The fraction of sp³-hybridized carbons (Fsp3) is 0.250. The van der Waals surface area contributed by atoms with Gasteiger partial charge in [-0.15, -0.1) is 0 Å². The second-order valence-electron chi connectivity index (χ2n) is 7.50. The van der Waals surface area contributed by atoms with Crippen LogP contribution in [0.1, 0.15) is 30.9 Å². The van der Waals surface area contributed by atoms with Crippen molar-refractivity contribution in [1.82, 2.24) is 9.88 Å². The molecule has 10 nitrogen and oxygen atoms in total. The van der Waals surface area contributed by atoms with Crippen LogP contribution in [-0.4, -0.2) is 45.6 Å². The number of ether oxygens (including phenoxy) is 1. The molecule has 1 amide bonds. The normalized spacial score (nSPS) is 15.6. The molecule has 0 radical (unpaired) electrons. The predicted molar refractivity (Wildman–Crippen MR) is 130 cm³/mol. The Kier molecular flexibility index (Phi) is 8.22. The van der Waals surface area contributed by atoms with Crippen LogP contribution in [0, 0.1) is 21.4 Å². The van der Waals surface area contributed by atoms with E-state index in [9.17, 15) is 25.0 Å². The molecule has 0 saturated carbocycles. The molecule has 0 bridgehead atoms. The molecule has 1 unspecified atom stereocenters. The Bertz CT molecular complexity index is 1250. The van der Waals surface area contributed by atoms with Crippen LogP contribution in [0.5, 0.6) is 0 Å². The summed E-state index contributed by atoms with van der Waals surface area (Å²) in [5.74, 6) is -1.93. The molecule has 0 spiro atoms. The van der Waals surface area contributed by atoms with E-state index in [1.54, 1.807) is 55.4 Å². The van der Waals surface area contributed by atoms with Crippen molar-refractivity contribution in [3.8, 4) is 6.07 Å². The largest absolute Gasteiger partial charge is 0.465 e. The number of non-ortho nitro benzene ring substituents is 1. The molecule has 1 aliphatic heterocycles. The van der Waals surface area contributed by atoms with Gasteiger partial charge in [0.1, 0.15) is 6.54 Å². The summed E-state index contributed by atoms with van der Waals surface area (Å²) in [5.41, 5.74) is 8.05. The minimum absolute atomic E-state index is 0.119. The Labute approximate surface area is 206 Å². The van der Waals surface area contributed by atoms with Crippen molar-refractivity contribution in [2.75, 3.05) is 18.9 Å². The lowest BCUT2D eigenvalue weighted by Crippen LogP contribution is -2.34. The summed E-state index contributed by atoms with van der Waals surface area (Å²) < 4.78 is 5.14. The number of allylic oxidation sites excluding steroid dienone is 3. The first kappa shape index (κ1) is 25.5. The Morgan fingerprint density at radius 1 is 1.31 bits per heavy atom. The number of nitriles is 1. The molecule has 0 aliphatic carbocycles. The maximum atomic E-state index is 12.5. The van der Waals surface area contributed by atoms with E-state index in [-0.39, 0.29) is 30.2 Å². The van der Waals surface area contributed by atoms with Gasteiger partial charge < -0.3 is 15.4 Å². The van der Waals surface area contributed by atoms with E-state index in [1.165, 1.54) is 12.1 Å². The molecule has 2 heterocycles. The van der Waals surface area contributed by atoms with Gasteiger partial charge in [0, 0.05) is 36.1 Å². The molecule has 1 aromatic heterocycles. The number of benzene rings is 1. The molecule has 35 heavy (non-hydrogen) atoms. The molecule has 1 aliphatic rings. The van der Waals surface area contributed by atoms with E-state index in [0.717, 1.165) is 17.3 Å². The lowest BCUT2D eigenvalue weighted by atomic mass is 9.79. The van der Waals surface area contributed by atoms with E-state index in [2.05, 4.69) is 11.1 Å². The molecule has 180 valence electrons. The van der Waals surface area contributed by atoms with Crippen LogP contribution in [0.3, 0.4) is 0 Å². The first-order chi connectivity index (χ1) is 16.8. The lowest BCUT2D eigenvalue weighted by molar-refractivity contribution is -0.384. The van der Waals surface area contributed by atoms with Crippen molar-refractivity contribution >= 4 is 34.9 Å². The van der Waals surface area contributed by atoms with Crippen LogP contribution >= 0.6 is 11.8 Å². The molecular formula is C24H23N5O5S. The van der Waals surface area contributed by atoms with Gasteiger partial charge in [-0.3, -0.25) is 24.7 Å². The Morgan fingerprint density at radius 2 is 2.03 bits per heavy atom. The quantitative estimate of drug-likeness (QED) is 0.315. The third-order valence-corrected chi connectivity index (χ3v) is 6.46. The monoisotopic (exact) mass is 493 g/mol. The zero-order valence-corrected chi connectivity index (χ0v) is 19.9. The van der Waals surface area contributed by atoms with Gasteiger partial charge in [0.25, 0.3) is 5.69 Å². The van der Waals surface area contributed by atoms with Gasteiger partial charge in [-0.2, -0.15) is 5.26 Å². The Morgan fingerprint density at radius 3 is 2.63 bits per heavy atom. The van der Waals surface area contributed by atoms with Gasteiger partial charge in [-0.1, -0.05) is 23.9 Å². The van der Waals surface area contributed by atoms with Gasteiger partial charge in [-0.05, 0) is 42.7 Å². The number of hydrogen-bond donors (Lipinski definition) is 1. The number of thioether (sulfide) groups is 1.